The van der Waals surface area contributed by atoms with Gasteiger partial charge in [0.1, 0.15) is 5.75 Å². The van der Waals surface area contributed by atoms with E-state index in [1.54, 1.807) is 7.11 Å². The Morgan fingerprint density at radius 3 is 2.77 bits per heavy atom. The molecule has 0 spiro atoms. The first-order valence-electron chi connectivity index (χ1n) is 8.10. The first kappa shape index (κ1) is 16.6. The molecule has 5 nitrogen and oxygen atoms in total. The molecule has 5 heteroatoms. The molecule has 1 aromatic rings. The zero-order valence-corrected chi connectivity index (χ0v) is 14.1. The summed E-state index contributed by atoms with van der Waals surface area (Å²) in [6.07, 6.45) is 0. The summed E-state index contributed by atoms with van der Waals surface area (Å²) in [6, 6.07) is 9.05. The minimum absolute atomic E-state index is 0.297. The highest BCUT2D eigenvalue weighted by molar-refractivity contribution is 5.81. The van der Waals surface area contributed by atoms with Gasteiger partial charge < -0.3 is 15.4 Å². The summed E-state index contributed by atoms with van der Waals surface area (Å²) in [5.41, 5.74) is 1.27. The van der Waals surface area contributed by atoms with Gasteiger partial charge in [-0.3, -0.25) is 9.89 Å². The van der Waals surface area contributed by atoms with Crippen LogP contribution in [0.4, 0.5) is 0 Å². The molecule has 1 aliphatic heterocycles. The number of nitrogens with zero attached hydrogens (tertiary/aromatic N) is 2. The second-order valence-electron chi connectivity index (χ2n) is 5.63. The number of likely N-dealkylation sites (N-methyl/N-ethyl adjacent to an activating group) is 1. The Balaban J connectivity index is 2.11. The molecule has 0 bridgehead atoms. The van der Waals surface area contributed by atoms with E-state index in [1.807, 2.05) is 6.07 Å². The van der Waals surface area contributed by atoms with E-state index >= 15 is 0 Å². The van der Waals surface area contributed by atoms with Crippen molar-refractivity contribution in [1.29, 1.82) is 0 Å². The molecule has 2 unspecified atom stereocenters. The van der Waals surface area contributed by atoms with Gasteiger partial charge in [0.05, 0.1) is 19.7 Å². The van der Waals surface area contributed by atoms with Crippen molar-refractivity contribution in [3.8, 4) is 5.75 Å². The van der Waals surface area contributed by atoms with Crippen LogP contribution in [0.25, 0.3) is 0 Å². The quantitative estimate of drug-likeness (QED) is 0.809. The number of rotatable bonds is 7. The molecule has 0 saturated heterocycles. The fourth-order valence-electron chi connectivity index (χ4n) is 2.82. The number of methoxy groups -OCH3 is 1. The molecule has 22 heavy (non-hydrogen) atoms. The zero-order chi connectivity index (χ0) is 15.9. The Bertz CT molecular complexity index is 499. The summed E-state index contributed by atoms with van der Waals surface area (Å²) in [6.45, 7) is 10.2. The van der Waals surface area contributed by atoms with E-state index in [4.69, 9.17) is 4.74 Å². The highest BCUT2D eigenvalue weighted by Crippen LogP contribution is 2.23. The lowest BCUT2D eigenvalue weighted by atomic mass is 10.0. The summed E-state index contributed by atoms with van der Waals surface area (Å²) >= 11 is 0. The third-order valence-electron chi connectivity index (χ3n) is 4.10. The predicted molar refractivity (Wildman–Crippen MR) is 91.6 cm³/mol. The van der Waals surface area contributed by atoms with Gasteiger partial charge in [-0.25, -0.2) is 0 Å². The van der Waals surface area contributed by atoms with Gasteiger partial charge in [-0.2, -0.15) is 0 Å². The van der Waals surface area contributed by atoms with E-state index in [-0.39, 0.29) is 0 Å². The third-order valence-corrected chi connectivity index (χ3v) is 4.10. The van der Waals surface area contributed by atoms with Crippen molar-refractivity contribution in [3.63, 3.8) is 0 Å². The zero-order valence-electron chi connectivity index (χ0n) is 14.1. The number of benzene rings is 1. The van der Waals surface area contributed by atoms with Crippen molar-refractivity contribution in [2.24, 2.45) is 4.99 Å². The van der Waals surface area contributed by atoms with Gasteiger partial charge in [0.2, 0.25) is 0 Å². The molecule has 0 saturated carbocycles. The molecule has 1 aliphatic rings. The fourth-order valence-corrected chi connectivity index (χ4v) is 2.82. The molecule has 0 aliphatic carbocycles. The lowest BCUT2D eigenvalue weighted by Gasteiger charge is -2.30. The van der Waals surface area contributed by atoms with Crippen LogP contribution in [0.2, 0.25) is 0 Å². The van der Waals surface area contributed by atoms with Crippen molar-refractivity contribution >= 4 is 5.96 Å². The summed E-state index contributed by atoms with van der Waals surface area (Å²) in [5, 5.41) is 6.81. The van der Waals surface area contributed by atoms with E-state index in [0.717, 1.165) is 37.9 Å². The van der Waals surface area contributed by atoms with Crippen molar-refractivity contribution < 1.29 is 4.74 Å². The molecular formula is C17H28N4O. The second-order valence-corrected chi connectivity index (χ2v) is 5.63. The number of aliphatic imine (C=N–C) groups is 1. The summed E-state index contributed by atoms with van der Waals surface area (Å²) in [7, 11) is 1.71. The smallest absolute Gasteiger partial charge is 0.191 e. The number of ether oxygens (including phenoxy) is 1. The van der Waals surface area contributed by atoms with Gasteiger partial charge in [-0.05, 0) is 37.7 Å². The molecule has 0 fully saturated rings. The monoisotopic (exact) mass is 304 g/mol. The Labute approximate surface area is 133 Å². The maximum Gasteiger partial charge on any atom is 0.191 e. The van der Waals surface area contributed by atoms with Crippen molar-refractivity contribution in [3.05, 3.63) is 29.8 Å². The molecule has 122 valence electrons. The molecule has 0 amide bonds. The van der Waals surface area contributed by atoms with Crippen LogP contribution in [0, 0.1) is 0 Å². The molecule has 1 aromatic carbocycles. The Morgan fingerprint density at radius 1 is 1.41 bits per heavy atom. The first-order chi connectivity index (χ1) is 10.7. The fraction of sp³-hybridized carbons (Fsp3) is 0.588. The minimum Gasteiger partial charge on any atom is -0.497 e. The topological polar surface area (TPSA) is 48.9 Å². The standard InChI is InChI=1S/C17H28N4O/c1-5-21(6-2)16(12-19-17-18-11-13(3)20-17)14-8-7-9-15(10-14)22-4/h7-10,13,16H,5-6,11-12H2,1-4H3,(H2,18,19,20). The third kappa shape index (κ3) is 4.13. The van der Waals surface area contributed by atoms with Crippen LogP contribution in [0.1, 0.15) is 32.4 Å². The summed E-state index contributed by atoms with van der Waals surface area (Å²) < 4.78 is 5.37. The number of guanidine groups is 1. The molecule has 0 aromatic heterocycles. The molecule has 2 atom stereocenters. The summed E-state index contributed by atoms with van der Waals surface area (Å²) in [4.78, 5) is 6.92. The molecule has 2 rings (SSSR count). The number of hydrogen-bond donors (Lipinski definition) is 2. The average Bonchev–Trinajstić information content (AvgIpc) is 2.97. The minimum atomic E-state index is 0.297. The van der Waals surface area contributed by atoms with Crippen LogP contribution in [-0.2, 0) is 0 Å². The van der Waals surface area contributed by atoms with Gasteiger partial charge in [0.25, 0.3) is 0 Å². The number of hydrogen-bond acceptors (Lipinski definition) is 5. The maximum absolute atomic E-state index is 5.37. The molecule has 0 radical (unpaired) electrons. The highest BCUT2D eigenvalue weighted by Gasteiger charge is 2.20. The van der Waals surface area contributed by atoms with Crippen LogP contribution < -0.4 is 15.4 Å². The Morgan fingerprint density at radius 2 is 2.18 bits per heavy atom. The maximum atomic E-state index is 5.37. The largest absolute Gasteiger partial charge is 0.497 e. The molecular weight excluding hydrogens is 276 g/mol. The van der Waals surface area contributed by atoms with Crippen LogP contribution in [-0.4, -0.2) is 50.2 Å². The number of nitrogens with one attached hydrogen (secondary N) is 2. The van der Waals surface area contributed by atoms with Crippen LogP contribution in [0.15, 0.2) is 29.3 Å². The lowest BCUT2D eigenvalue weighted by molar-refractivity contribution is 0.218. The van der Waals surface area contributed by atoms with Crippen LogP contribution in [0.5, 0.6) is 5.75 Å². The normalized spacial score (nSPS) is 18.8. The van der Waals surface area contributed by atoms with Gasteiger partial charge >= 0.3 is 0 Å². The molecule has 2 N–H and O–H groups in total. The molecule has 1 heterocycles. The first-order valence-corrected chi connectivity index (χ1v) is 8.10. The predicted octanol–water partition coefficient (Wildman–Crippen LogP) is 2.02. The highest BCUT2D eigenvalue weighted by atomic mass is 16.5. The van der Waals surface area contributed by atoms with E-state index < -0.39 is 0 Å². The van der Waals surface area contributed by atoms with Crippen molar-refractivity contribution in [2.45, 2.75) is 32.9 Å². The van der Waals surface area contributed by atoms with E-state index in [2.05, 4.69) is 59.5 Å². The Kier molecular flexibility index (Phi) is 6.07. The van der Waals surface area contributed by atoms with E-state index in [9.17, 15) is 0 Å². The SMILES string of the molecule is CCN(CC)C(CNC1=NCC(C)N1)c1cccc(OC)c1. The average molecular weight is 304 g/mol. The van der Waals surface area contributed by atoms with Gasteiger partial charge in [-0.15, -0.1) is 0 Å². The van der Waals surface area contributed by atoms with Gasteiger partial charge in [0, 0.05) is 12.6 Å². The van der Waals surface area contributed by atoms with Crippen molar-refractivity contribution in [2.75, 3.05) is 33.3 Å². The van der Waals surface area contributed by atoms with Crippen molar-refractivity contribution in [1.82, 2.24) is 15.5 Å². The van der Waals surface area contributed by atoms with Gasteiger partial charge in [-0.1, -0.05) is 26.0 Å². The van der Waals surface area contributed by atoms with E-state index in [1.165, 1.54) is 5.56 Å². The van der Waals surface area contributed by atoms with Gasteiger partial charge in [0.15, 0.2) is 5.96 Å². The lowest BCUT2D eigenvalue weighted by Crippen LogP contribution is -2.43. The second kappa shape index (κ2) is 8.03. The summed E-state index contributed by atoms with van der Waals surface area (Å²) in [5.74, 6) is 1.81. The van der Waals surface area contributed by atoms with E-state index in [0.29, 0.717) is 12.1 Å². The Hall–Kier alpha value is -1.75. The van der Waals surface area contributed by atoms with Crippen LogP contribution in [0.3, 0.4) is 0 Å². The van der Waals surface area contributed by atoms with Crippen LogP contribution >= 0.6 is 0 Å².